The van der Waals surface area contributed by atoms with Gasteiger partial charge in [-0.25, -0.2) is 0 Å². The maximum atomic E-state index is 12.9. The first-order valence-electron chi connectivity index (χ1n) is 5.70. The summed E-state index contributed by atoms with van der Waals surface area (Å²) in [5, 5.41) is 21.7. The number of benzene rings is 1. The number of rotatable bonds is 2. The number of halogens is 3. The van der Waals surface area contributed by atoms with Crippen molar-refractivity contribution in [3.8, 4) is 17.5 Å². The van der Waals surface area contributed by atoms with E-state index in [2.05, 4.69) is 5.10 Å². The van der Waals surface area contributed by atoms with Gasteiger partial charge in [-0.05, 0) is 12.1 Å². The molecule has 8 heteroatoms. The minimum absolute atomic E-state index is 0.172. The fraction of sp³-hybridized carbons (Fsp3) is 0.154. The van der Waals surface area contributed by atoms with Gasteiger partial charge in [0.05, 0.1) is 23.7 Å². The van der Waals surface area contributed by atoms with Crippen LogP contribution >= 0.6 is 0 Å². The maximum absolute atomic E-state index is 12.9. The number of aromatic nitrogens is 2. The van der Waals surface area contributed by atoms with E-state index in [0.29, 0.717) is 4.68 Å². The topological polar surface area (TPSA) is 78.9 Å². The molecule has 1 heterocycles. The standard InChI is InChI=1S/C13H8F3N3O2/c14-13(15,16)8-3-1-2-4-10(8)19-12(21)7-11(20)9(18-19)5-6-17/h1-4,7,20H,5H2. The number of aromatic hydroxyl groups is 1. The Morgan fingerprint density at radius 1 is 1.33 bits per heavy atom. The van der Waals surface area contributed by atoms with Crippen LogP contribution in [0.4, 0.5) is 13.2 Å². The Kier molecular flexibility index (Phi) is 3.67. The summed E-state index contributed by atoms with van der Waals surface area (Å²) in [4.78, 5) is 11.8. The third-order valence-corrected chi connectivity index (χ3v) is 2.67. The summed E-state index contributed by atoms with van der Waals surface area (Å²) in [5.74, 6) is -0.526. The van der Waals surface area contributed by atoms with Gasteiger partial charge in [0.15, 0.2) is 0 Å². The summed E-state index contributed by atoms with van der Waals surface area (Å²) in [6.45, 7) is 0. The fourth-order valence-corrected chi connectivity index (χ4v) is 1.75. The van der Waals surface area contributed by atoms with Gasteiger partial charge < -0.3 is 5.11 Å². The van der Waals surface area contributed by atoms with E-state index in [1.54, 1.807) is 6.07 Å². The average Bonchev–Trinajstić information content (AvgIpc) is 2.41. The van der Waals surface area contributed by atoms with Crippen LogP contribution in [0.3, 0.4) is 0 Å². The number of hydrogen-bond acceptors (Lipinski definition) is 4. The molecule has 0 spiro atoms. The third kappa shape index (κ3) is 2.86. The van der Waals surface area contributed by atoms with Crippen molar-refractivity contribution in [2.45, 2.75) is 12.6 Å². The molecule has 0 fully saturated rings. The first-order chi connectivity index (χ1) is 9.84. The Morgan fingerprint density at radius 3 is 2.62 bits per heavy atom. The lowest BCUT2D eigenvalue weighted by molar-refractivity contribution is -0.137. The largest absolute Gasteiger partial charge is 0.506 e. The van der Waals surface area contributed by atoms with E-state index in [1.165, 1.54) is 12.1 Å². The van der Waals surface area contributed by atoms with Crippen molar-refractivity contribution in [3.05, 3.63) is 51.9 Å². The van der Waals surface area contributed by atoms with Crippen molar-refractivity contribution in [2.75, 3.05) is 0 Å². The summed E-state index contributed by atoms with van der Waals surface area (Å²) in [6, 6.07) is 6.86. The highest BCUT2D eigenvalue weighted by Crippen LogP contribution is 2.33. The zero-order valence-corrected chi connectivity index (χ0v) is 10.4. The molecule has 108 valence electrons. The molecule has 0 amide bonds. The normalized spacial score (nSPS) is 11.1. The first-order valence-corrected chi connectivity index (χ1v) is 5.70. The zero-order valence-electron chi connectivity index (χ0n) is 10.4. The third-order valence-electron chi connectivity index (χ3n) is 2.67. The van der Waals surface area contributed by atoms with Crippen molar-refractivity contribution in [2.24, 2.45) is 0 Å². The molecule has 5 nitrogen and oxygen atoms in total. The Labute approximate surface area is 116 Å². The average molecular weight is 295 g/mol. The summed E-state index contributed by atoms with van der Waals surface area (Å²) in [7, 11) is 0. The lowest BCUT2D eigenvalue weighted by Crippen LogP contribution is -2.24. The Hall–Kier alpha value is -2.82. The van der Waals surface area contributed by atoms with Gasteiger partial charge >= 0.3 is 6.18 Å². The second-order valence-corrected chi connectivity index (χ2v) is 4.08. The number of para-hydroxylation sites is 1. The van der Waals surface area contributed by atoms with Crippen LogP contribution in [0.5, 0.6) is 5.75 Å². The van der Waals surface area contributed by atoms with Crippen LogP contribution in [0.15, 0.2) is 35.1 Å². The van der Waals surface area contributed by atoms with E-state index in [9.17, 15) is 23.1 Å². The maximum Gasteiger partial charge on any atom is 0.418 e. The SMILES string of the molecule is N#CCc1nn(-c2ccccc2C(F)(F)F)c(=O)cc1O. The molecule has 0 aliphatic heterocycles. The molecular weight excluding hydrogens is 287 g/mol. The molecule has 21 heavy (non-hydrogen) atoms. The smallest absolute Gasteiger partial charge is 0.418 e. The van der Waals surface area contributed by atoms with Gasteiger partial charge in [0, 0.05) is 6.07 Å². The van der Waals surface area contributed by atoms with Crippen LogP contribution in [0.2, 0.25) is 0 Å². The van der Waals surface area contributed by atoms with E-state index < -0.39 is 28.7 Å². The van der Waals surface area contributed by atoms with Crippen LogP contribution in [-0.2, 0) is 12.6 Å². The molecule has 0 bridgehead atoms. The first kappa shape index (κ1) is 14.6. The van der Waals surface area contributed by atoms with E-state index in [1.807, 2.05) is 0 Å². The number of hydrogen-bond donors (Lipinski definition) is 1. The highest BCUT2D eigenvalue weighted by Gasteiger charge is 2.34. The van der Waals surface area contributed by atoms with Gasteiger partial charge in [0.25, 0.3) is 5.56 Å². The zero-order chi connectivity index (χ0) is 15.6. The van der Waals surface area contributed by atoms with Crippen LogP contribution in [-0.4, -0.2) is 14.9 Å². The van der Waals surface area contributed by atoms with Crippen LogP contribution in [0.1, 0.15) is 11.3 Å². The fourth-order valence-electron chi connectivity index (χ4n) is 1.75. The molecule has 1 N–H and O–H groups in total. The number of nitrogens with zero attached hydrogens (tertiary/aromatic N) is 3. The molecule has 2 aromatic rings. The molecule has 0 aliphatic rings. The van der Waals surface area contributed by atoms with E-state index >= 15 is 0 Å². The van der Waals surface area contributed by atoms with Crippen molar-refractivity contribution < 1.29 is 18.3 Å². The van der Waals surface area contributed by atoms with Crippen molar-refractivity contribution in [1.82, 2.24) is 9.78 Å². The minimum Gasteiger partial charge on any atom is -0.506 e. The minimum atomic E-state index is -4.66. The Balaban J connectivity index is 2.72. The van der Waals surface area contributed by atoms with E-state index in [-0.39, 0.29) is 12.1 Å². The molecule has 2 rings (SSSR count). The van der Waals surface area contributed by atoms with Crippen LogP contribution in [0, 0.1) is 11.3 Å². The molecule has 0 atom stereocenters. The predicted octanol–water partition coefficient (Wildman–Crippen LogP) is 2.02. The Morgan fingerprint density at radius 2 is 2.00 bits per heavy atom. The van der Waals surface area contributed by atoms with Gasteiger partial charge in [-0.3, -0.25) is 4.79 Å². The van der Waals surface area contributed by atoms with Crippen molar-refractivity contribution in [1.29, 1.82) is 5.26 Å². The van der Waals surface area contributed by atoms with Gasteiger partial charge in [-0.2, -0.15) is 28.2 Å². The number of alkyl halides is 3. The highest BCUT2D eigenvalue weighted by molar-refractivity contribution is 5.43. The summed E-state index contributed by atoms with van der Waals surface area (Å²) in [5.41, 5.74) is -2.60. The van der Waals surface area contributed by atoms with E-state index in [4.69, 9.17) is 5.26 Å². The van der Waals surface area contributed by atoms with Gasteiger partial charge in [-0.1, -0.05) is 12.1 Å². The second-order valence-electron chi connectivity index (χ2n) is 4.08. The van der Waals surface area contributed by atoms with E-state index in [0.717, 1.165) is 18.2 Å². The van der Waals surface area contributed by atoms with Crippen molar-refractivity contribution >= 4 is 0 Å². The number of nitriles is 1. The predicted molar refractivity (Wildman–Crippen MR) is 65.8 cm³/mol. The molecule has 1 aromatic carbocycles. The van der Waals surface area contributed by atoms with Crippen molar-refractivity contribution in [3.63, 3.8) is 0 Å². The lowest BCUT2D eigenvalue weighted by Gasteiger charge is -2.14. The van der Waals surface area contributed by atoms with Crippen LogP contribution in [0.25, 0.3) is 5.69 Å². The molecule has 0 saturated carbocycles. The molecule has 0 radical (unpaired) electrons. The molecule has 1 aromatic heterocycles. The summed E-state index contributed by atoms with van der Waals surface area (Å²) < 4.78 is 39.4. The molecule has 0 unspecified atom stereocenters. The van der Waals surface area contributed by atoms with Gasteiger partial charge in [0.1, 0.15) is 11.4 Å². The molecular formula is C13H8F3N3O2. The second kappa shape index (κ2) is 5.28. The Bertz CT molecular complexity index is 775. The van der Waals surface area contributed by atoms with Gasteiger partial charge in [0.2, 0.25) is 0 Å². The molecule has 0 aliphatic carbocycles. The summed E-state index contributed by atoms with van der Waals surface area (Å²) >= 11 is 0. The molecule has 0 saturated heterocycles. The quantitative estimate of drug-likeness (QED) is 0.919. The highest BCUT2D eigenvalue weighted by atomic mass is 19.4. The van der Waals surface area contributed by atoms with Gasteiger partial charge in [-0.15, -0.1) is 0 Å². The lowest BCUT2D eigenvalue weighted by atomic mass is 10.1. The monoisotopic (exact) mass is 295 g/mol. The van der Waals surface area contributed by atoms with Crippen LogP contribution < -0.4 is 5.56 Å². The summed E-state index contributed by atoms with van der Waals surface area (Å²) in [6.07, 6.45) is -4.99.